The van der Waals surface area contributed by atoms with Gasteiger partial charge in [0.05, 0.1) is 12.2 Å². The Hall–Kier alpha value is -1.32. The highest BCUT2D eigenvalue weighted by atomic mass is 16.5. The van der Waals surface area contributed by atoms with Crippen molar-refractivity contribution in [1.29, 1.82) is 0 Å². The lowest BCUT2D eigenvalue weighted by atomic mass is 9.94. The maximum atomic E-state index is 5.50. The van der Waals surface area contributed by atoms with Gasteiger partial charge in [0.25, 0.3) is 0 Å². The molecule has 1 fully saturated rings. The van der Waals surface area contributed by atoms with Crippen LogP contribution in [0.2, 0.25) is 0 Å². The summed E-state index contributed by atoms with van der Waals surface area (Å²) in [6.45, 7) is 0.750. The maximum Gasteiger partial charge on any atom is 0.221 e. The number of hydrogen-bond acceptors (Lipinski definition) is 4. The highest BCUT2D eigenvalue weighted by Crippen LogP contribution is 2.32. The van der Waals surface area contributed by atoms with Crippen LogP contribution in [-0.2, 0) is 6.42 Å². The SMILES string of the molecule is CN(c1ncnc2c1CCO2)C1CCCCC1. The molecule has 0 amide bonds. The summed E-state index contributed by atoms with van der Waals surface area (Å²) in [7, 11) is 2.16. The first-order valence-corrected chi connectivity index (χ1v) is 6.56. The van der Waals surface area contributed by atoms with Crippen LogP contribution in [0.3, 0.4) is 0 Å². The Kier molecular flexibility index (Phi) is 2.87. The second kappa shape index (κ2) is 4.51. The van der Waals surface area contributed by atoms with Gasteiger partial charge >= 0.3 is 0 Å². The van der Waals surface area contributed by atoms with E-state index in [9.17, 15) is 0 Å². The number of ether oxygens (including phenoxy) is 1. The van der Waals surface area contributed by atoms with Crippen molar-refractivity contribution in [1.82, 2.24) is 9.97 Å². The predicted octanol–water partition coefficient (Wildman–Crippen LogP) is 2.18. The monoisotopic (exact) mass is 233 g/mol. The average Bonchev–Trinajstić information content (AvgIpc) is 2.87. The molecule has 0 spiro atoms. The van der Waals surface area contributed by atoms with Crippen LogP contribution in [0.1, 0.15) is 37.7 Å². The Morgan fingerprint density at radius 3 is 2.88 bits per heavy atom. The van der Waals surface area contributed by atoms with Crippen LogP contribution in [0, 0.1) is 0 Å². The molecule has 0 atom stereocenters. The summed E-state index contributed by atoms with van der Waals surface area (Å²) in [6.07, 6.45) is 9.22. The lowest BCUT2D eigenvalue weighted by Crippen LogP contribution is -2.34. The summed E-state index contributed by atoms with van der Waals surface area (Å²) in [5, 5.41) is 0. The lowest BCUT2D eigenvalue weighted by Gasteiger charge is -2.32. The number of hydrogen-bond donors (Lipinski definition) is 0. The van der Waals surface area contributed by atoms with Gasteiger partial charge in [-0.15, -0.1) is 0 Å². The predicted molar refractivity (Wildman–Crippen MR) is 66.5 cm³/mol. The summed E-state index contributed by atoms with van der Waals surface area (Å²) in [6, 6.07) is 0.642. The molecular weight excluding hydrogens is 214 g/mol. The fourth-order valence-corrected chi connectivity index (χ4v) is 2.93. The van der Waals surface area contributed by atoms with E-state index in [0.717, 1.165) is 24.7 Å². The molecule has 1 aliphatic heterocycles. The molecule has 0 aromatic carbocycles. The van der Waals surface area contributed by atoms with E-state index in [4.69, 9.17) is 4.74 Å². The van der Waals surface area contributed by atoms with E-state index in [1.54, 1.807) is 6.33 Å². The third-order valence-corrected chi connectivity index (χ3v) is 3.93. The van der Waals surface area contributed by atoms with Gasteiger partial charge in [-0.2, -0.15) is 0 Å². The minimum absolute atomic E-state index is 0.642. The van der Waals surface area contributed by atoms with Gasteiger partial charge in [-0.1, -0.05) is 19.3 Å². The zero-order valence-corrected chi connectivity index (χ0v) is 10.4. The van der Waals surface area contributed by atoms with Crippen LogP contribution in [0.4, 0.5) is 5.82 Å². The van der Waals surface area contributed by atoms with E-state index < -0.39 is 0 Å². The molecule has 92 valence electrons. The highest BCUT2D eigenvalue weighted by Gasteiger charge is 2.25. The number of rotatable bonds is 2. The van der Waals surface area contributed by atoms with Crippen molar-refractivity contribution in [3.63, 3.8) is 0 Å². The van der Waals surface area contributed by atoms with E-state index in [1.165, 1.54) is 37.7 Å². The Balaban J connectivity index is 1.85. The minimum atomic E-state index is 0.642. The van der Waals surface area contributed by atoms with Crippen LogP contribution in [-0.4, -0.2) is 29.7 Å². The maximum absolute atomic E-state index is 5.50. The molecule has 0 saturated heterocycles. The molecule has 0 bridgehead atoms. The molecule has 4 nitrogen and oxygen atoms in total. The van der Waals surface area contributed by atoms with E-state index in [0.29, 0.717) is 6.04 Å². The van der Waals surface area contributed by atoms with E-state index in [-0.39, 0.29) is 0 Å². The van der Waals surface area contributed by atoms with Crippen molar-refractivity contribution in [2.24, 2.45) is 0 Å². The van der Waals surface area contributed by atoms with Gasteiger partial charge in [-0.25, -0.2) is 9.97 Å². The van der Waals surface area contributed by atoms with Gasteiger partial charge in [-0.05, 0) is 12.8 Å². The summed E-state index contributed by atoms with van der Waals surface area (Å²) in [5.41, 5.74) is 1.19. The van der Waals surface area contributed by atoms with Gasteiger partial charge in [0.2, 0.25) is 5.88 Å². The normalized spacial score (nSPS) is 19.8. The Morgan fingerprint density at radius 2 is 2.06 bits per heavy atom. The van der Waals surface area contributed by atoms with Crippen molar-refractivity contribution in [2.75, 3.05) is 18.6 Å². The standard InChI is InChI=1S/C13H19N3O/c1-16(10-5-3-2-4-6-10)12-11-7-8-17-13(11)15-9-14-12/h9-10H,2-8H2,1H3. The molecule has 1 aromatic heterocycles. The fourth-order valence-electron chi connectivity index (χ4n) is 2.93. The summed E-state index contributed by atoms with van der Waals surface area (Å²) in [4.78, 5) is 11.0. The van der Waals surface area contributed by atoms with Crippen molar-refractivity contribution >= 4 is 5.82 Å². The molecule has 17 heavy (non-hydrogen) atoms. The van der Waals surface area contributed by atoms with Crippen molar-refractivity contribution < 1.29 is 4.74 Å². The molecule has 0 unspecified atom stereocenters. The van der Waals surface area contributed by atoms with Crippen LogP contribution in [0.25, 0.3) is 0 Å². The van der Waals surface area contributed by atoms with Gasteiger partial charge in [0.15, 0.2) is 0 Å². The van der Waals surface area contributed by atoms with Gasteiger partial charge in [0.1, 0.15) is 12.1 Å². The third kappa shape index (κ3) is 1.96. The van der Waals surface area contributed by atoms with E-state index >= 15 is 0 Å². The molecule has 3 rings (SSSR count). The smallest absolute Gasteiger partial charge is 0.221 e. The topological polar surface area (TPSA) is 38.2 Å². The first kappa shape index (κ1) is 10.8. The first-order valence-electron chi connectivity index (χ1n) is 6.56. The van der Waals surface area contributed by atoms with Gasteiger partial charge in [0, 0.05) is 19.5 Å². The second-order valence-electron chi connectivity index (χ2n) is 4.98. The molecular formula is C13H19N3O. The molecule has 4 heteroatoms. The Morgan fingerprint density at radius 1 is 1.24 bits per heavy atom. The molecule has 0 radical (unpaired) electrons. The van der Waals surface area contributed by atoms with Crippen molar-refractivity contribution in [3.8, 4) is 5.88 Å². The zero-order valence-electron chi connectivity index (χ0n) is 10.4. The zero-order chi connectivity index (χ0) is 11.7. The van der Waals surface area contributed by atoms with Crippen molar-refractivity contribution in [2.45, 2.75) is 44.6 Å². The van der Waals surface area contributed by atoms with Crippen LogP contribution in [0.5, 0.6) is 5.88 Å². The van der Waals surface area contributed by atoms with Crippen LogP contribution >= 0.6 is 0 Å². The molecule has 1 aromatic rings. The molecule has 0 N–H and O–H groups in total. The average molecular weight is 233 g/mol. The minimum Gasteiger partial charge on any atom is -0.477 e. The van der Waals surface area contributed by atoms with E-state index in [1.807, 2.05) is 0 Å². The van der Waals surface area contributed by atoms with Gasteiger partial charge < -0.3 is 9.64 Å². The summed E-state index contributed by atoms with van der Waals surface area (Å²) in [5.74, 6) is 1.87. The Bertz CT molecular complexity index is 402. The lowest BCUT2D eigenvalue weighted by molar-refractivity contribution is 0.344. The van der Waals surface area contributed by atoms with Gasteiger partial charge in [-0.3, -0.25) is 0 Å². The fraction of sp³-hybridized carbons (Fsp3) is 0.692. The molecule has 1 saturated carbocycles. The number of fused-ring (bicyclic) bond motifs is 1. The van der Waals surface area contributed by atoms with Crippen LogP contribution in [0.15, 0.2) is 6.33 Å². The van der Waals surface area contributed by atoms with Crippen molar-refractivity contribution in [3.05, 3.63) is 11.9 Å². The first-order chi connectivity index (χ1) is 8.36. The number of aromatic nitrogens is 2. The molecule has 1 aliphatic carbocycles. The quantitative estimate of drug-likeness (QED) is 0.784. The summed E-state index contributed by atoms with van der Waals surface area (Å²) >= 11 is 0. The number of anilines is 1. The number of nitrogens with zero attached hydrogens (tertiary/aromatic N) is 3. The third-order valence-electron chi connectivity index (χ3n) is 3.93. The Labute approximate surface area is 102 Å². The molecule has 2 heterocycles. The second-order valence-corrected chi connectivity index (χ2v) is 4.98. The van der Waals surface area contributed by atoms with Crippen LogP contribution < -0.4 is 9.64 Å². The highest BCUT2D eigenvalue weighted by molar-refractivity contribution is 5.52. The van der Waals surface area contributed by atoms with E-state index in [2.05, 4.69) is 21.9 Å². The molecule has 2 aliphatic rings. The largest absolute Gasteiger partial charge is 0.477 e. The summed E-state index contributed by atoms with van der Waals surface area (Å²) < 4.78 is 5.50.